The number of esters is 1. The lowest BCUT2D eigenvalue weighted by molar-refractivity contribution is -0.136. The summed E-state index contributed by atoms with van der Waals surface area (Å²) in [6, 6.07) is 18.3. The second-order valence-electron chi connectivity index (χ2n) is 21.4. The molecule has 6 aliphatic rings. The number of likely N-dealkylation sites (tertiary alicyclic amines) is 3. The number of nitrogens with two attached hydrogens (primary N) is 1. The van der Waals surface area contributed by atoms with Crippen molar-refractivity contribution in [3.05, 3.63) is 120 Å². The molecular formula is C56H61FN12O8. The lowest BCUT2D eigenvalue weighted by Crippen LogP contribution is -2.56. The number of aromatic nitrogens is 4. The monoisotopic (exact) mass is 1050 g/mol. The zero-order valence-electron chi connectivity index (χ0n) is 42.6. The summed E-state index contributed by atoms with van der Waals surface area (Å²) in [5.41, 5.74) is 9.02. The van der Waals surface area contributed by atoms with E-state index in [-0.39, 0.29) is 54.0 Å². The fourth-order valence-electron chi connectivity index (χ4n) is 12.1. The molecular weight excluding hydrogens is 988 g/mol. The van der Waals surface area contributed by atoms with Crippen molar-refractivity contribution in [3.63, 3.8) is 0 Å². The minimum absolute atomic E-state index is 0.0246. The summed E-state index contributed by atoms with van der Waals surface area (Å²) in [7, 11) is 0. The van der Waals surface area contributed by atoms with E-state index < -0.39 is 53.5 Å². The maximum absolute atomic E-state index is 13.6. The maximum atomic E-state index is 13.6. The minimum Gasteiger partial charge on any atom is -0.442 e. The predicted molar refractivity (Wildman–Crippen MR) is 279 cm³/mol. The van der Waals surface area contributed by atoms with Gasteiger partial charge in [0.1, 0.15) is 11.9 Å². The number of ether oxygens (including phenoxy) is 1. The van der Waals surface area contributed by atoms with Crippen molar-refractivity contribution >= 4 is 58.6 Å². The quantitative estimate of drug-likeness (QED) is 0.0822. The summed E-state index contributed by atoms with van der Waals surface area (Å²) in [5, 5.41) is 12.7. The molecule has 1 aliphatic carbocycles. The molecule has 5 fully saturated rings. The molecule has 400 valence electrons. The van der Waals surface area contributed by atoms with E-state index in [1.54, 1.807) is 48.7 Å². The molecule has 6 amide bonds. The highest BCUT2D eigenvalue weighted by molar-refractivity contribution is 6.23. The smallest absolute Gasteiger partial charge is 0.361 e. The molecule has 2 aromatic heterocycles. The number of imide groups is 2. The highest BCUT2D eigenvalue weighted by atomic mass is 19.1. The fourth-order valence-corrected chi connectivity index (χ4v) is 12.1. The van der Waals surface area contributed by atoms with E-state index in [2.05, 4.69) is 35.7 Å². The van der Waals surface area contributed by atoms with Crippen molar-refractivity contribution in [1.29, 1.82) is 0 Å². The number of amides is 6. The number of rotatable bonds is 14. The number of hydrogen-bond acceptors (Lipinski definition) is 15. The number of fused-ring (bicyclic) bond motifs is 1. The lowest BCUT2D eigenvalue weighted by atomic mass is 9.59. The first-order chi connectivity index (χ1) is 37.3. The molecule has 2 atom stereocenters. The summed E-state index contributed by atoms with van der Waals surface area (Å²) in [4.78, 5) is 108. The molecule has 1 unspecified atom stereocenters. The van der Waals surface area contributed by atoms with E-state index in [9.17, 15) is 38.0 Å². The second kappa shape index (κ2) is 21.6. The number of benzene rings is 3. The van der Waals surface area contributed by atoms with Crippen molar-refractivity contribution < 1.29 is 42.7 Å². The van der Waals surface area contributed by atoms with Gasteiger partial charge < -0.3 is 35.8 Å². The zero-order chi connectivity index (χ0) is 53.4. The number of carbonyl (C=O) groups is 7. The molecule has 20 nitrogen and oxygen atoms in total. The van der Waals surface area contributed by atoms with Crippen LogP contribution >= 0.6 is 0 Å². The Bertz CT molecular complexity index is 3090. The van der Waals surface area contributed by atoms with Gasteiger partial charge in [-0.15, -0.1) is 0 Å². The summed E-state index contributed by atoms with van der Waals surface area (Å²) in [5.74, 6) is -3.90. The van der Waals surface area contributed by atoms with E-state index in [4.69, 9.17) is 15.6 Å². The molecule has 0 radical (unpaired) electrons. The molecule has 5 aromatic rings. The van der Waals surface area contributed by atoms with E-state index >= 15 is 0 Å². The van der Waals surface area contributed by atoms with Crippen LogP contribution in [-0.4, -0.2) is 145 Å². The van der Waals surface area contributed by atoms with Gasteiger partial charge in [-0.25, -0.2) is 19.2 Å². The van der Waals surface area contributed by atoms with Gasteiger partial charge in [0.25, 0.3) is 17.7 Å². The molecule has 0 bridgehead atoms. The van der Waals surface area contributed by atoms with Crippen LogP contribution in [0.1, 0.15) is 113 Å². The van der Waals surface area contributed by atoms with Crippen LogP contribution in [0.25, 0.3) is 11.3 Å². The van der Waals surface area contributed by atoms with Gasteiger partial charge in [-0.2, -0.15) is 5.10 Å². The van der Waals surface area contributed by atoms with Crippen molar-refractivity contribution in [3.8, 4) is 11.3 Å². The van der Waals surface area contributed by atoms with Crippen LogP contribution in [0.4, 0.5) is 21.6 Å². The molecule has 5 aliphatic heterocycles. The normalized spacial score (nSPS) is 20.9. The number of nitrogens with zero attached hydrogens (tertiary/aromatic N) is 8. The topological polar surface area (TPSA) is 247 Å². The summed E-state index contributed by atoms with van der Waals surface area (Å²) >= 11 is 0. The SMILES string of the molecule is Nc1ncc(-c2cnn(C3CCN(C4CC5(CCN(CC6CCN(C(=O)CNc7ccc8c(c7)C(=O)N(C7CCC(=O)NC7=O)C8=O)CC6)CC5)C4)CC3)c2)nc1C(=O)O[C@@H](C(=O)Nc1ccc(F)cc1)c1ccccc1. The maximum Gasteiger partial charge on any atom is 0.361 e. The summed E-state index contributed by atoms with van der Waals surface area (Å²) in [6.07, 6.45) is 12.6. The molecule has 21 heteroatoms. The highest BCUT2D eigenvalue weighted by Gasteiger charge is 2.49. The number of nitrogen functional groups attached to an aromatic ring is 1. The fraction of sp³-hybridized carbons (Fsp3) is 0.429. The Labute approximate surface area is 443 Å². The zero-order valence-corrected chi connectivity index (χ0v) is 42.6. The van der Waals surface area contributed by atoms with E-state index in [0.29, 0.717) is 58.7 Å². The van der Waals surface area contributed by atoms with Gasteiger partial charge in [0.05, 0.1) is 41.8 Å². The number of hydrogen-bond donors (Lipinski definition) is 4. The highest BCUT2D eigenvalue weighted by Crippen LogP contribution is 2.51. The van der Waals surface area contributed by atoms with Crippen LogP contribution < -0.4 is 21.7 Å². The molecule has 5 N–H and O–H groups in total. The molecule has 7 heterocycles. The molecule has 11 rings (SSSR count). The Kier molecular flexibility index (Phi) is 14.4. The van der Waals surface area contributed by atoms with Crippen molar-refractivity contribution in [2.75, 3.05) is 68.7 Å². The van der Waals surface area contributed by atoms with E-state index in [0.717, 1.165) is 63.3 Å². The van der Waals surface area contributed by atoms with Gasteiger partial charge in [-0.3, -0.25) is 43.7 Å². The first-order valence-corrected chi connectivity index (χ1v) is 26.6. The molecule has 1 saturated carbocycles. The number of carbonyl (C=O) groups excluding carboxylic acids is 7. The summed E-state index contributed by atoms with van der Waals surface area (Å²) in [6.45, 7) is 6.68. The Morgan fingerprint density at radius 1 is 0.818 bits per heavy atom. The predicted octanol–water partition coefficient (Wildman–Crippen LogP) is 5.23. The van der Waals surface area contributed by atoms with Crippen molar-refractivity contribution in [1.82, 2.24) is 44.7 Å². The van der Waals surface area contributed by atoms with Crippen molar-refractivity contribution in [2.45, 2.75) is 88.4 Å². The van der Waals surface area contributed by atoms with Gasteiger partial charge in [-0.05, 0) is 125 Å². The van der Waals surface area contributed by atoms with Crippen LogP contribution in [-0.2, 0) is 23.9 Å². The first-order valence-electron chi connectivity index (χ1n) is 26.6. The third-order valence-electron chi connectivity index (χ3n) is 16.6. The third kappa shape index (κ3) is 10.9. The largest absolute Gasteiger partial charge is 0.442 e. The Morgan fingerprint density at radius 2 is 1.53 bits per heavy atom. The Hall–Kier alpha value is -7.91. The first kappa shape index (κ1) is 51.2. The third-order valence-corrected chi connectivity index (χ3v) is 16.6. The van der Waals surface area contributed by atoms with Gasteiger partial charge in [0.15, 0.2) is 11.5 Å². The minimum atomic E-state index is -1.36. The van der Waals surface area contributed by atoms with Gasteiger partial charge in [0.2, 0.25) is 23.8 Å². The second-order valence-corrected chi connectivity index (χ2v) is 21.4. The number of halogens is 1. The van der Waals surface area contributed by atoms with Gasteiger partial charge >= 0.3 is 5.97 Å². The van der Waals surface area contributed by atoms with Gasteiger partial charge in [0, 0.05) is 73.9 Å². The van der Waals surface area contributed by atoms with Crippen molar-refractivity contribution in [2.24, 2.45) is 11.3 Å². The molecule has 77 heavy (non-hydrogen) atoms. The average Bonchev–Trinajstić information content (AvgIpc) is 4.18. The molecule has 1 spiro atoms. The van der Waals surface area contributed by atoms with E-state index in [1.165, 1.54) is 62.2 Å². The van der Waals surface area contributed by atoms with Crippen LogP contribution in [0.15, 0.2) is 91.4 Å². The lowest BCUT2D eigenvalue weighted by Gasteiger charge is -2.56. The van der Waals surface area contributed by atoms with E-state index in [1.807, 2.05) is 15.8 Å². The van der Waals surface area contributed by atoms with Crippen LogP contribution in [0.2, 0.25) is 0 Å². The standard InChI is InChI=1S/C56H61FN12O8/c57-37-6-8-38(9-7-37)62-52(73)49(35-4-2-1-3-5-35)77-55(76)48-50(58)60-30-44(63-48)36-29-61-68(33-36)40-16-22-66(23-17-40)41-27-56(28-41)18-24-65(25-19-56)32-34-14-20-67(21-15-34)47(71)31-59-39-10-11-42-43(26-39)54(75)69(53(42)74)45-12-13-46(70)64-51(45)72/h1-11,26,29-30,33-34,40-41,45,49,59H,12-25,27-28,31-32H2,(H2,58,60)(H,62,73)(H,64,70,72)/t45?,49-/m1/s1. The molecule has 3 aromatic carbocycles. The van der Waals surface area contributed by atoms with Gasteiger partial charge in [-0.1, -0.05) is 30.3 Å². The molecule has 4 saturated heterocycles. The van der Waals surface area contributed by atoms with Crippen LogP contribution in [0, 0.1) is 17.2 Å². The van der Waals surface area contributed by atoms with Crippen LogP contribution in [0.5, 0.6) is 0 Å². The van der Waals surface area contributed by atoms with Crippen LogP contribution in [0.3, 0.4) is 0 Å². The average molecular weight is 1050 g/mol. The Balaban J connectivity index is 0.597. The summed E-state index contributed by atoms with van der Waals surface area (Å²) < 4.78 is 21.2. The Morgan fingerprint density at radius 3 is 2.26 bits per heavy atom. The number of nitrogens with one attached hydrogen (secondary N) is 3. The number of anilines is 3. The number of piperidine rings is 4.